The summed E-state index contributed by atoms with van der Waals surface area (Å²) in [5, 5.41) is 21.5. The predicted molar refractivity (Wildman–Crippen MR) is 141 cm³/mol. The Labute approximate surface area is 221 Å². The second kappa shape index (κ2) is 10.2. The van der Waals surface area contributed by atoms with Crippen molar-refractivity contribution in [1.82, 2.24) is 29.3 Å². The smallest absolute Gasteiger partial charge is 0.413 e. The first kappa shape index (κ1) is 27.4. The minimum atomic E-state index is -0.680. The molecule has 0 aliphatic carbocycles. The number of aliphatic hydroxyl groups is 1. The molecule has 38 heavy (non-hydrogen) atoms. The third-order valence-electron chi connectivity index (χ3n) is 6.10. The molecule has 4 heterocycles. The van der Waals surface area contributed by atoms with Crippen LogP contribution in [-0.2, 0) is 16.5 Å². The average Bonchev–Trinajstić information content (AvgIpc) is 3.42. The Morgan fingerprint density at radius 1 is 1.08 bits per heavy atom. The molecular formula is C26H37N7O5. The fraction of sp³-hybridized carbons (Fsp3) is 0.577. The van der Waals surface area contributed by atoms with E-state index >= 15 is 0 Å². The van der Waals surface area contributed by atoms with Gasteiger partial charge in [-0.15, -0.1) is 0 Å². The van der Waals surface area contributed by atoms with Gasteiger partial charge in [0.1, 0.15) is 17.0 Å². The summed E-state index contributed by atoms with van der Waals surface area (Å²) in [4.78, 5) is 32.2. The molecule has 4 rings (SSSR count). The van der Waals surface area contributed by atoms with E-state index in [-0.39, 0.29) is 18.6 Å². The molecule has 1 aliphatic rings. The standard InChI is InChI=1S/C26H37N7O5/c1-25(2,3)37-23(35)30-21-10-20(29-22-19(12-28-33(21)22)17-11-27-31(7)13-17)16-8-9-18(15-34)32(14-16)24(36)38-26(4,5)6/h10-13,16,18,34H,8-9,14-15H2,1-7H3,(H,30,35)/t16-,18-/m0/s1. The highest BCUT2D eigenvalue weighted by molar-refractivity contribution is 5.85. The van der Waals surface area contributed by atoms with Gasteiger partial charge in [0, 0.05) is 42.9 Å². The number of amides is 2. The lowest BCUT2D eigenvalue weighted by atomic mass is 9.90. The normalized spacial score (nSPS) is 18.5. The van der Waals surface area contributed by atoms with Crippen molar-refractivity contribution in [3.63, 3.8) is 0 Å². The van der Waals surface area contributed by atoms with Gasteiger partial charge in [-0.1, -0.05) is 0 Å². The third kappa shape index (κ3) is 6.24. The fourth-order valence-electron chi connectivity index (χ4n) is 4.45. The molecule has 1 aliphatic heterocycles. The lowest BCUT2D eigenvalue weighted by Gasteiger charge is -2.39. The Hall–Kier alpha value is -3.67. The van der Waals surface area contributed by atoms with Crippen LogP contribution in [0.2, 0.25) is 0 Å². The molecule has 1 fully saturated rings. The number of aromatic nitrogens is 5. The first-order valence-corrected chi connectivity index (χ1v) is 12.7. The van der Waals surface area contributed by atoms with Gasteiger partial charge in [-0.2, -0.15) is 14.7 Å². The van der Waals surface area contributed by atoms with Crippen LogP contribution < -0.4 is 5.32 Å². The summed E-state index contributed by atoms with van der Waals surface area (Å²) < 4.78 is 14.3. The highest BCUT2D eigenvalue weighted by Gasteiger charge is 2.35. The van der Waals surface area contributed by atoms with Crippen molar-refractivity contribution in [3.05, 3.63) is 30.4 Å². The van der Waals surface area contributed by atoms with Crippen LogP contribution in [0.5, 0.6) is 0 Å². The quantitative estimate of drug-likeness (QED) is 0.520. The minimum absolute atomic E-state index is 0.155. The van der Waals surface area contributed by atoms with Crippen LogP contribution in [0, 0.1) is 0 Å². The first-order chi connectivity index (χ1) is 17.7. The summed E-state index contributed by atoms with van der Waals surface area (Å²) in [6, 6.07) is 1.42. The van der Waals surface area contributed by atoms with E-state index in [1.54, 1.807) is 53.3 Å². The van der Waals surface area contributed by atoms with Gasteiger partial charge in [0.05, 0.1) is 30.7 Å². The highest BCUT2D eigenvalue weighted by atomic mass is 16.6. The van der Waals surface area contributed by atoms with Crippen molar-refractivity contribution in [2.75, 3.05) is 18.5 Å². The number of rotatable bonds is 4. The molecule has 12 nitrogen and oxygen atoms in total. The molecule has 0 aromatic carbocycles. The average molecular weight is 528 g/mol. The van der Waals surface area contributed by atoms with Crippen LogP contribution in [0.15, 0.2) is 24.7 Å². The van der Waals surface area contributed by atoms with Gasteiger partial charge < -0.3 is 19.5 Å². The molecule has 2 N–H and O–H groups in total. The van der Waals surface area contributed by atoms with E-state index in [4.69, 9.17) is 14.5 Å². The molecule has 2 amide bonds. The number of hydrogen-bond acceptors (Lipinski definition) is 8. The summed E-state index contributed by atoms with van der Waals surface area (Å²) in [7, 11) is 1.83. The van der Waals surface area contributed by atoms with Gasteiger partial charge in [-0.25, -0.2) is 14.6 Å². The van der Waals surface area contributed by atoms with Crippen LogP contribution in [0.1, 0.15) is 66.0 Å². The predicted octanol–water partition coefficient (Wildman–Crippen LogP) is 3.95. The number of carbonyl (C=O) groups excluding carboxylic acids is 2. The van der Waals surface area contributed by atoms with Crippen LogP contribution in [-0.4, -0.2) is 77.0 Å². The monoisotopic (exact) mass is 527 g/mol. The molecule has 0 spiro atoms. The summed E-state index contributed by atoms with van der Waals surface area (Å²) >= 11 is 0. The molecule has 0 radical (unpaired) electrons. The number of hydrogen-bond donors (Lipinski definition) is 2. The molecule has 12 heteroatoms. The molecule has 2 atom stereocenters. The zero-order chi connectivity index (χ0) is 27.8. The molecular weight excluding hydrogens is 490 g/mol. The number of aliphatic hydroxyl groups excluding tert-OH is 1. The Kier molecular flexibility index (Phi) is 7.37. The Morgan fingerprint density at radius 2 is 1.79 bits per heavy atom. The van der Waals surface area contributed by atoms with E-state index < -0.39 is 23.4 Å². The summed E-state index contributed by atoms with van der Waals surface area (Å²) in [6.07, 6.45) is 5.45. The van der Waals surface area contributed by atoms with Gasteiger partial charge >= 0.3 is 12.2 Å². The third-order valence-corrected chi connectivity index (χ3v) is 6.10. The largest absolute Gasteiger partial charge is 0.444 e. The van der Waals surface area contributed by atoms with Crippen LogP contribution >= 0.6 is 0 Å². The molecule has 3 aromatic rings. The Morgan fingerprint density at radius 3 is 2.39 bits per heavy atom. The van der Waals surface area contributed by atoms with E-state index in [1.807, 2.05) is 34.0 Å². The number of nitrogens with zero attached hydrogens (tertiary/aromatic N) is 6. The maximum absolute atomic E-state index is 13.0. The SMILES string of the molecule is Cn1cc(-c2cnn3c(NC(=O)OC(C)(C)C)cc([C@H]4CC[C@@H](CO)N(C(=O)OC(C)(C)C)C4)nc23)cn1. The van der Waals surface area contributed by atoms with Gasteiger partial charge in [0.15, 0.2) is 5.65 Å². The van der Waals surface area contributed by atoms with Crippen molar-refractivity contribution in [3.8, 4) is 11.1 Å². The number of fused-ring (bicyclic) bond motifs is 1. The number of carbonyl (C=O) groups is 2. The van der Waals surface area contributed by atoms with Crippen molar-refractivity contribution in [2.24, 2.45) is 7.05 Å². The van der Waals surface area contributed by atoms with Crippen LogP contribution in [0.3, 0.4) is 0 Å². The number of likely N-dealkylation sites (tertiary alicyclic amines) is 1. The molecule has 3 aromatic heterocycles. The van der Waals surface area contributed by atoms with Gasteiger partial charge in [0.2, 0.25) is 0 Å². The highest BCUT2D eigenvalue weighted by Crippen LogP contribution is 2.33. The summed E-state index contributed by atoms with van der Waals surface area (Å²) in [5.41, 5.74) is 1.45. The fourth-order valence-corrected chi connectivity index (χ4v) is 4.45. The summed E-state index contributed by atoms with van der Waals surface area (Å²) in [6.45, 7) is 11.0. The number of aryl methyl sites for hydroxylation is 1. The Bertz CT molecular complexity index is 1320. The molecule has 0 saturated carbocycles. The van der Waals surface area contributed by atoms with Crippen molar-refractivity contribution < 1.29 is 24.2 Å². The van der Waals surface area contributed by atoms with E-state index in [1.165, 1.54) is 0 Å². The zero-order valence-electron chi connectivity index (χ0n) is 23.1. The zero-order valence-corrected chi connectivity index (χ0v) is 23.1. The lowest BCUT2D eigenvalue weighted by molar-refractivity contribution is -0.00119. The number of nitrogens with one attached hydrogen (secondary N) is 1. The molecule has 0 unspecified atom stereocenters. The van der Waals surface area contributed by atoms with Gasteiger partial charge in [-0.3, -0.25) is 10.00 Å². The first-order valence-electron chi connectivity index (χ1n) is 12.7. The second-order valence-electron chi connectivity index (χ2n) is 11.6. The number of piperidine rings is 1. The lowest BCUT2D eigenvalue weighted by Crippen LogP contribution is -2.49. The Balaban J connectivity index is 1.74. The molecule has 1 saturated heterocycles. The maximum atomic E-state index is 13.0. The van der Waals surface area contributed by atoms with Crippen molar-refractivity contribution >= 4 is 23.7 Å². The van der Waals surface area contributed by atoms with E-state index in [2.05, 4.69) is 15.5 Å². The molecule has 0 bridgehead atoms. The van der Waals surface area contributed by atoms with E-state index in [0.29, 0.717) is 36.5 Å². The second-order valence-corrected chi connectivity index (χ2v) is 11.6. The maximum Gasteiger partial charge on any atom is 0.413 e. The minimum Gasteiger partial charge on any atom is -0.444 e. The molecule has 206 valence electrons. The van der Waals surface area contributed by atoms with Crippen molar-refractivity contribution in [1.29, 1.82) is 0 Å². The van der Waals surface area contributed by atoms with Gasteiger partial charge in [-0.05, 0) is 54.4 Å². The number of ether oxygens (including phenoxy) is 2. The summed E-state index contributed by atoms with van der Waals surface area (Å²) in [5.74, 6) is 0.230. The van der Waals surface area contributed by atoms with Crippen LogP contribution in [0.4, 0.5) is 15.4 Å². The number of anilines is 1. The van der Waals surface area contributed by atoms with E-state index in [0.717, 1.165) is 11.1 Å². The topological polar surface area (TPSA) is 136 Å². The van der Waals surface area contributed by atoms with Crippen molar-refractivity contribution in [2.45, 2.75) is 77.5 Å². The van der Waals surface area contributed by atoms with Crippen LogP contribution in [0.25, 0.3) is 16.8 Å². The van der Waals surface area contributed by atoms with Gasteiger partial charge in [0.25, 0.3) is 0 Å². The van der Waals surface area contributed by atoms with E-state index in [9.17, 15) is 14.7 Å².